The normalized spacial score (nSPS) is 18.9. The smallest absolute Gasteiger partial charge is 0.348 e. The third-order valence-electron chi connectivity index (χ3n) is 6.02. The van der Waals surface area contributed by atoms with Crippen LogP contribution in [0.2, 0.25) is 0 Å². The molecule has 2 rings (SSSR count). The predicted molar refractivity (Wildman–Crippen MR) is 123 cm³/mol. The number of unbranched alkanes of at least 4 members (excludes halogenated alkanes) is 3. The highest BCUT2D eigenvalue weighted by Crippen LogP contribution is 2.26. The van der Waals surface area contributed by atoms with Crippen LogP contribution in [0.15, 0.2) is 18.2 Å². The number of aliphatic hydroxyl groups is 1. The number of carbonyl (C=O) groups is 2. The number of carbonyl (C=O) groups excluding carboxylic acids is 2. The number of aliphatic hydroxyl groups excluding tert-OH is 1. The average molecular weight is 436 g/mol. The molecule has 2 heterocycles. The second-order valence-corrected chi connectivity index (χ2v) is 9.42. The van der Waals surface area contributed by atoms with Gasteiger partial charge in [-0.15, -0.1) is 11.3 Å². The molecule has 1 N–H and O–H groups in total. The molecule has 6 heteroatoms. The van der Waals surface area contributed by atoms with Crippen LogP contribution in [0.4, 0.5) is 0 Å². The molecule has 1 fully saturated rings. The molecule has 1 saturated heterocycles. The van der Waals surface area contributed by atoms with Gasteiger partial charge in [-0.25, -0.2) is 4.79 Å². The summed E-state index contributed by atoms with van der Waals surface area (Å²) in [6.45, 7) is 4.92. The minimum atomic E-state index is -0.326. The summed E-state index contributed by atoms with van der Waals surface area (Å²) < 4.78 is 4.73. The predicted octanol–water partition coefficient (Wildman–Crippen LogP) is 5.29. The summed E-state index contributed by atoms with van der Waals surface area (Å²) in [4.78, 5) is 27.3. The van der Waals surface area contributed by atoms with Gasteiger partial charge in [0.15, 0.2) is 0 Å². The van der Waals surface area contributed by atoms with Crippen molar-refractivity contribution in [3.63, 3.8) is 0 Å². The van der Waals surface area contributed by atoms with Gasteiger partial charge in [0.25, 0.3) is 0 Å². The lowest BCUT2D eigenvalue weighted by molar-refractivity contribution is -0.128. The van der Waals surface area contributed by atoms with Crippen LogP contribution in [0.3, 0.4) is 0 Å². The molecular weight excluding hydrogens is 398 g/mol. The monoisotopic (exact) mass is 435 g/mol. The standard InChI is InChI=1S/C24H37NO4S/c1-4-5-6-7-9-18(2)21(26)14-11-19-12-16-23(27)25(19)17-8-10-20-13-15-22(30-20)24(28)29-3/h8,10,13,15,18-19,21,26H,4-7,9,11-12,14,16-17H2,1-3H3/b10-8-/t18-,19?,21-/m0/s1. The summed E-state index contributed by atoms with van der Waals surface area (Å²) in [6, 6.07) is 3.85. The Hall–Kier alpha value is -1.66. The molecule has 3 atom stereocenters. The van der Waals surface area contributed by atoms with Gasteiger partial charge in [0.05, 0.1) is 13.2 Å². The van der Waals surface area contributed by atoms with E-state index < -0.39 is 0 Å². The zero-order chi connectivity index (χ0) is 21.9. The Kier molecular flexibility index (Phi) is 10.6. The maximum absolute atomic E-state index is 12.3. The molecule has 0 aromatic carbocycles. The molecule has 30 heavy (non-hydrogen) atoms. The summed E-state index contributed by atoms with van der Waals surface area (Å²) in [5, 5.41) is 10.5. The van der Waals surface area contributed by atoms with Gasteiger partial charge >= 0.3 is 5.97 Å². The SMILES string of the molecule is CCCCCC[C@H](C)[C@@H](O)CCC1CCC(=O)N1C/C=C\c1ccc(C(=O)OC)s1. The number of amides is 1. The highest BCUT2D eigenvalue weighted by Gasteiger charge is 2.30. The summed E-state index contributed by atoms with van der Waals surface area (Å²) in [5.41, 5.74) is 0. The second-order valence-electron chi connectivity index (χ2n) is 8.31. The zero-order valence-corrected chi connectivity index (χ0v) is 19.5. The van der Waals surface area contributed by atoms with Gasteiger partial charge in [-0.1, -0.05) is 45.6 Å². The number of rotatable bonds is 13. The average Bonchev–Trinajstić information content (AvgIpc) is 3.36. The molecule has 1 amide bonds. The first-order valence-corrected chi connectivity index (χ1v) is 12.1. The molecule has 0 aliphatic carbocycles. The van der Waals surface area contributed by atoms with Crippen molar-refractivity contribution in [1.82, 2.24) is 4.90 Å². The fourth-order valence-corrected chi connectivity index (χ4v) is 4.87. The van der Waals surface area contributed by atoms with E-state index in [4.69, 9.17) is 4.74 Å². The third-order valence-corrected chi connectivity index (χ3v) is 7.05. The van der Waals surface area contributed by atoms with Crippen LogP contribution < -0.4 is 0 Å². The lowest BCUT2D eigenvalue weighted by Gasteiger charge is -2.26. The van der Waals surface area contributed by atoms with Crippen LogP contribution in [0.1, 0.15) is 86.2 Å². The van der Waals surface area contributed by atoms with E-state index in [-0.39, 0.29) is 24.0 Å². The maximum Gasteiger partial charge on any atom is 0.348 e. The van der Waals surface area contributed by atoms with Gasteiger partial charge < -0.3 is 14.7 Å². The maximum atomic E-state index is 12.3. The molecule has 5 nitrogen and oxygen atoms in total. The van der Waals surface area contributed by atoms with Crippen molar-refractivity contribution in [2.24, 2.45) is 5.92 Å². The largest absolute Gasteiger partial charge is 0.465 e. The van der Waals surface area contributed by atoms with Crippen molar-refractivity contribution < 1.29 is 19.4 Å². The van der Waals surface area contributed by atoms with Gasteiger partial charge in [0.2, 0.25) is 5.91 Å². The van der Waals surface area contributed by atoms with E-state index in [9.17, 15) is 14.7 Å². The van der Waals surface area contributed by atoms with E-state index in [0.29, 0.717) is 23.8 Å². The highest BCUT2D eigenvalue weighted by atomic mass is 32.1. The van der Waals surface area contributed by atoms with Crippen molar-refractivity contribution in [3.8, 4) is 0 Å². The Bertz CT molecular complexity index is 699. The quantitative estimate of drug-likeness (QED) is 0.338. The zero-order valence-electron chi connectivity index (χ0n) is 18.6. The van der Waals surface area contributed by atoms with Crippen molar-refractivity contribution in [2.75, 3.05) is 13.7 Å². The van der Waals surface area contributed by atoms with E-state index >= 15 is 0 Å². The molecule has 0 bridgehead atoms. The highest BCUT2D eigenvalue weighted by molar-refractivity contribution is 7.14. The van der Waals surface area contributed by atoms with Gasteiger partial charge in [0.1, 0.15) is 4.88 Å². The van der Waals surface area contributed by atoms with Gasteiger partial charge in [-0.05, 0) is 49.8 Å². The number of ether oxygens (including phenoxy) is 1. The first-order valence-electron chi connectivity index (χ1n) is 11.3. The van der Waals surface area contributed by atoms with Crippen LogP contribution in [0.5, 0.6) is 0 Å². The van der Waals surface area contributed by atoms with E-state index in [1.807, 2.05) is 23.1 Å². The molecule has 1 aromatic heterocycles. The van der Waals surface area contributed by atoms with Gasteiger partial charge in [-0.3, -0.25) is 4.79 Å². The van der Waals surface area contributed by atoms with Crippen LogP contribution >= 0.6 is 11.3 Å². The van der Waals surface area contributed by atoms with E-state index in [1.165, 1.54) is 44.1 Å². The Balaban J connectivity index is 1.79. The van der Waals surface area contributed by atoms with Crippen molar-refractivity contribution in [1.29, 1.82) is 0 Å². The Morgan fingerprint density at radius 2 is 2.13 bits per heavy atom. The van der Waals surface area contributed by atoms with E-state index in [2.05, 4.69) is 13.8 Å². The molecule has 0 saturated carbocycles. The van der Waals surface area contributed by atoms with Crippen LogP contribution in [0, 0.1) is 5.92 Å². The molecule has 1 aliphatic heterocycles. The molecule has 0 radical (unpaired) electrons. The summed E-state index contributed by atoms with van der Waals surface area (Å²) in [6.07, 6.45) is 12.7. The number of thiophene rings is 1. The van der Waals surface area contributed by atoms with Gasteiger partial charge in [-0.2, -0.15) is 0 Å². The topological polar surface area (TPSA) is 66.8 Å². The number of esters is 1. The minimum Gasteiger partial charge on any atom is -0.465 e. The fraction of sp³-hybridized carbons (Fsp3) is 0.667. The van der Waals surface area contributed by atoms with E-state index in [1.54, 1.807) is 6.07 Å². The van der Waals surface area contributed by atoms with Crippen molar-refractivity contribution in [2.45, 2.75) is 83.8 Å². The Morgan fingerprint density at radius 3 is 2.87 bits per heavy atom. The van der Waals surface area contributed by atoms with Crippen LogP contribution in [0.25, 0.3) is 6.08 Å². The third kappa shape index (κ3) is 7.55. The Labute approximate surface area is 185 Å². The number of nitrogens with zero attached hydrogens (tertiary/aromatic N) is 1. The van der Waals surface area contributed by atoms with Crippen molar-refractivity contribution in [3.05, 3.63) is 28.0 Å². The number of likely N-dealkylation sites (tertiary alicyclic amines) is 1. The lowest BCUT2D eigenvalue weighted by atomic mass is 9.92. The molecule has 0 spiro atoms. The summed E-state index contributed by atoms with van der Waals surface area (Å²) in [5.74, 6) is 0.177. The van der Waals surface area contributed by atoms with Crippen LogP contribution in [-0.2, 0) is 9.53 Å². The second kappa shape index (κ2) is 12.9. The molecular formula is C24H37NO4S. The molecule has 1 aromatic rings. The van der Waals surface area contributed by atoms with Crippen LogP contribution in [-0.4, -0.2) is 47.7 Å². The number of hydrogen-bond donors (Lipinski definition) is 1. The number of methoxy groups -OCH3 is 1. The molecule has 1 unspecified atom stereocenters. The van der Waals surface area contributed by atoms with Gasteiger partial charge in [0, 0.05) is 23.9 Å². The Morgan fingerprint density at radius 1 is 1.33 bits per heavy atom. The number of hydrogen-bond acceptors (Lipinski definition) is 5. The summed E-state index contributed by atoms with van der Waals surface area (Å²) in [7, 11) is 1.38. The van der Waals surface area contributed by atoms with E-state index in [0.717, 1.165) is 30.6 Å². The first-order chi connectivity index (χ1) is 14.5. The lowest BCUT2D eigenvalue weighted by Crippen LogP contribution is -2.34. The minimum absolute atomic E-state index is 0.188. The molecule has 168 valence electrons. The summed E-state index contributed by atoms with van der Waals surface area (Å²) >= 11 is 1.38. The van der Waals surface area contributed by atoms with Crippen molar-refractivity contribution >= 4 is 29.3 Å². The molecule has 1 aliphatic rings. The fourth-order valence-electron chi connectivity index (χ4n) is 4.01. The first kappa shape index (κ1) is 24.6.